The number of amides is 1. The summed E-state index contributed by atoms with van der Waals surface area (Å²) < 4.78 is 28.7. The van der Waals surface area contributed by atoms with E-state index in [0.29, 0.717) is 23.1 Å². The van der Waals surface area contributed by atoms with Crippen molar-refractivity contribution >= 4 is 32.7 Å². The van der Waals surface area contributed by atoms with Gasteiger partial charge in [0.25, 0.3) is 5.91 Å². The lowest BCUT2D eigenvalue weighted by Gasteiger charge is -2.23. The van der Waals surface area contributed by atoms with Crippen LogP contribution in [0.25, 0.3) is 10.9 Å². The molecule has 0 aliphatic carbocycles. The number of nitrogens with zero attached hydrogens (tertiary/aromatic N) is 3. The number of hydrogen-bond acceptors (Lipinski definition) is 5. The van der Waals surface area contributed by atoms with E-state index in [9.17, 15) is 18.3 Å². The van der Waals surface area contributed by atoms with Gasteiger partial charge in [-0.25, -0.2) is 4.72 Å². The molecule has 0 saturated heterocycles. The summed E-state index contributed by atoms with van der Waals surface area (Å²) in [5.41, 5.74) is 4.22. The van der Waals surface area contributed by atoms with Crippen LogP contribution >= 0.6 is 0 Å². The second-order valence-corrected chi connectivity index (χ2v) is 9.70. The highest BCUT2D eigenvalue weighted by atomic mass is 32.2. The normalized spacial score (nSPS) is 13.7. The van der Waals surface area contributed by atoms with Crippen LogP contribution in [-0.2, 0) is 23.2 Å². The fraction of sp³-hybridized carbons (Fsp3) is 0.273. The van der Waals surface area contributed by atoms with Crippen molar-refractivity contribution in [3.05, 3.63) is 64.3 Å². The Labute approximate surface area is 181 Å². The molecule has 1 aliphatic heterocycles. The Kier molecular flexibility index (Phi) is 5.10. The van der Waals surface area contributed by atoms with E-state index in [4.69, 9.17) is 0 Å². The number of fused-ring (bicyclic) bond motifs is 2. The number of benzene rings is 2. The van der Waals surface area contributed by atoms with E-state index in [-0.39, 0.29) is 29.3 Å². The van der Waals surface area contributed by atoms with Gasteiger partial charge in [-0.15, -0.1) is 0 Å². The molecule has 0 fully saturated rings. The smallest absolute Gasteiger partial charge is 0.301 e. The van der Waals surface area contributed by atoms with Gasteiger partial charge in [-0.2, -0.15) is 8.42 Å². The zero-order valence-electron chi connectivity index (χ0n) is 17.8. The largest absolute Gasteiger partial charge is 0.505 e. The van der Waals surface area contributed by atoms with Gasteiger partial charge in [-0.3, -0.25) is 14.1 Å². The molecular weight excluding hydrogens is 416 g/mol. The molecule has 0 radical (unpaired) electrons. The lowest BCUT2D eigenvalue weighted by Crippen LogP contribution is -2.36. The first-order chi connectivity index (χ1) is 14.6. The summed E-state index contributed by atoms with van der Waals surface area (Å²) in [7, 11) is 0.516. The monoisotopic (exact) mass is 440 g/mol. The molecule has 0 unspecified atom stereocenters. The van der Waals surface area contributed by atoms with Gasteiger partial charge in [0.1, 0.15) is 5.52 Å². The average molecular weight is 441 g/mol. The number of rotatable bonds is 5. The number of phenolic OH excluding ortho intramolecular Hbond substituents is 1. The third-order valence-electron chi connectivity index (χ3n) is 5.67. The molecule has 2 heterocycles. The maximum Gasteiger partial charge on any atom is 0.301 e. The van der Waals surface area contributed by atoms with Gasteiger partial charge in [-0.1, -0.05) is 29.8 Å². The van der Waals surface area contributed by atoms with Gasteiger partial charge in [0.15, 0.2) is 5.75 Å². The minimum absolute atomic E-state index is 0.0990. The summed E-state index contributed by atoms with van der Waals surface area (Å²) in [6.45, 7) is 2.21. The zero-order valence-corrected chi connectivity index (χ0v) is 18.6. The van der Waals surface area contributed by atoms with E-state index in [1.165, 1.54) is 19.0 Å². The van der Waals surface area contributed by atoms with Crippen molar-refractivity contribution in [3.63, 3.8) is 0 Å². The van der Waals surface area contributed by atoms with Gasteiger partial charge in [0.05, 0.1) is 11.3 Å². The van der Waals surface area contributed by atoms with Gasteiger partial charge in [0, 0.05) is 44.8 Å². The molecule has 3 aromatic rings. The summed E-state index contributed by atoms with van der Waals surface area (Å²) in [5, 5.41) is 11.3. The van der Waals surface area contributed by atoms with Crippen molar-refractivity contribution < 1.29 is 18.3 Å². The zero-order chi connectivity index (χ0) is 22.5. The molecule has 0 bridgehead atoms. The topological polar surface area (TPSA) is 103 Å². The lowest BCUT2D eigenvalue weighted by atomic mass is 9.98. The second kappa shape index (κ2) is 7.51. The van der Waals surface area contributed by atoms with E-state index in [1.54, 1.807) is 13.2 Å². The minimum atomic E-state index is -3.84. The van der Waals surface area contributed by atoms with Crippen LogP contribution in [0.15, 0.2) is 36.5 Å². The Hall–Kier alpha value is -3.17. The molecule has 9 heteroatoms. The number of nitrogens with one attached hydrogen (secondary N) is 1. The van der Waals surface area contributed by atoms with Crippen LogP contribution in [0.5, 0.6) is 5.75 Å². The SMILES string of the molecule is CNS(=O)(=O)N(C)c1c2c(c(O)c3ncc(Cc4ccc(C)cc4)cc13)C(=O)N(C)C2. The number of pyridine rings is 1. The average Bonchev–Trinajstić information content (AvgIpc) is 3.04. The highest BCUT2D eigenvalue weighted by molar-refractivity contribution is 7.90. The first kappa shape index (κ1) is 21.1. The molecule has 2 N–H and O–H groups in total. The number of anilines is 1. The van der Waals surface area contributed by atoms with Crippen molar-refractivity contribution in [2.45, 2.75) is 19.9 Å². The molecule has 1 aromatic heterocycles. The highest BCUT2D eigenvalue weighted by Crippen LogP contribution is 2.44. The lowest BCUT2D eigenvalue weighted by molar-refractivity contribution is 0.0814. The Bertz CT molecular complexity index is 1300. The maximum absolute atomic E-state index is 12.6. The Morgan fingerprint density at radius 3 is 2.55 bits per heavy atom. The third-order valence-corrected chi connectivity index (χ3v) is 7.09. The molecule has 31 heavy (non-hydrogen) atoms. The van der Waals surface area contributed by atoms with Crippen molar-refractivity contribution in [3.8, 4) is 5.75 Å². The van der Waals surface area contributed by atoms with Crippen molar-refractivity contribution in [2.24, 2.45) is 0 Å². The fourth-order valence-corrected chi connectivity index (χ4v) is 4.68. The molecule has 1 amide bonds. The first-order valence-corrected chi connectivity index (χ1v) is 11.2. The predicted molar refractivity (Wildman–Crippen MR) is 120 cm³/mol. The van der Waals surface area contributed by atoms with Crippen molar-refractivity contribution in [1.29, 1.82) is 0 Å². The first-order valence-electron chi connectivity index (χ1n) is 9.79. The summed E-state index contributed by atoms with van der Waals surface area (Å²) in [4.78, 5) is 18.5. The van der Waals surface area contributed by atoms with Crippen LogP contribution in [0.3, 0.4) is 0 Å². The predicted octanol–water partition coefficient (Wildman–Crippen LogP) is 2.33. The number of carbonyl (C=O) groups excluding carboxylic acids is 1. The molecule has 0 saturated carbocycles. The van der Waals surface area contributed by atoms with Crippen LogP contribution in [0.2, 0.25) is 0 Å². The standard InChI is InChI=1S/C22H24N4O4S/c1-13-5-7-14(8-6-13)9-15-10-16-19(24-11-15)21(27)18-17(12-25(3)22(18)28)20(16)26(4)31(29,30)23-2/h5-8,10-11,23,27H,9,12H2,1-4H3. The van der Waals surface area contributed by atoms with Gasteiger partial charge in [-0.05, 0) is 30.5 Å². The van der Waals surface area contributed by atoms with Gasteiger partial charge >= 0.3 is 10.2 Å². The molecular formula is C22H24N4O4S. The van der Waals surface area contributed by atoms with Crippen LogP contribution in [-0.4, -0.2) is 50.5 Å². The maximum atomic E-state index is 12.6. The van der Waals surface area contributed by atoms with Crippen molar-refractivity contribution in [2.75, 3.05) is 25.4 Å². The number of aromatic hydroxyl groups is 1. The summed E-state index contributed by atoms with van der Waals surface area (Å²) in [6.07, 6.45) is 2.25. The third kappa shape index (κ3) is 3.49. The van der Waals surface area contributed by atoms with Crippen LogP contribution in [0.4, 0.5) is 5.69 Å². The van der Waals surface area contributed by atoms with E-state index in [1.807, 2.05) is 37.3 Å². The molecule has 4 rings (SSSR count). The molecule has 162 valence electrons. The Balaban J connectivity index is 1.96. The Morgan fingerprint density at radius 2 is 1.90 bits per heavy atom. The second-order valence-electron chi connectivity index (χ2n) is 7.79. The summed E-state index contributed by atoms with van der Waals surface area (Å²) >= 11 is 0. The minimum Gasteiger partial charge on any atom is -0.505 e. The number of phenols is 1. The molecule has 0 spiro atoms. The van der Waals surface area contributed by atoms with Crippen molar-refractivity contribution in [1.82, 2.24) is 14.6 Å². The summed E-state index contributed by atoms with van der Waals surface area (Å²) in [6, 6.07) is 9.96. The number of aryl methyl sites for hydroxylation is 1. The molecule has 8 nitrogen and oxygen atoms in total. The van der Waals surface area contributed by atoms with E-state index in [2.05, 4.69) is 9.71 Å². The number of hydrogen-bond donors (Lipinski definition) is 2. The van der Waals surface area contributed by atoms with E-state index >= 15 is 0 Å². The summed E-state index contributed by atoms with van der Waals surface area (Å²) in [5.74, 6) is -0.586. The quantitative estimate of drug-likeness (QED) is 0.634. The van der Waals surface area contributed by atoms with E-state index < -0.39 is 10.2 Å². The van der Waals surface area contributed by atoms with Crippen LogP contribution in [0.1, 0.15) is 32.6 Å². The number of aromatic nitrogens is 1. The van der Waals surface area contributed by atoms with Gasteiger partial charge in [0.2, 0.25) is 0 Å². The number of carbonyl (C=O) groups is 1. The van der Waals surface area contributed by atoms with E-state index in [0.717, 1.165) is 21.0 Å². The highest BCUT2D eigenvalue weighted by Gasteiger charge is 2.36. The van der Waals surface area contributed by atoms with Gasteiger partial charge < -0.3 is 10.0 Å². The molecule has 1 aliphatic rings. The fourth-order valence-electron chi connectivity index (χ4n) is 3.96. The van der Waals surface area contributed by atoms with Crippen LogP contribution in [0, 0.1) is 6.92 Å². The molecule has 0 atom stereocenters. The van der Waals surface area contributed by atoms with Crippen LogP contribution < -0.4 is 9.03 Å². The molecule has 2 aromatic carbocycles. The Morgan fingerprint density at radius 1 is 1.23 bits per heavy atom.